The van der Waals surface area contributed by atoms with E-state index in [1.807, 2.05) is 17.8 Å². The molecular weight excluding hydrogens is 1150 g/mol. The number of aromatic hydroxyl groups is 1. The Morgan fingerprint density at radius 2 is 1.36 bits per heavy atom. The second-order valence-corrected chi connectivity index (χ2v) is 27.0. The van der Waals surface area contributed by atoms with Crippen LogP contribution < -0.4 is 26.6 Å². The fourth-order valence-electron chi connectivity index (χ4n) is 10.3. The van der Waals surface area contributed by atoms with Crippen LogP contribution in [0.5, 0.6) is 5.75 Å². The van der Waals surface area contributed by atoms with Crippen LogP contribution in [-0.4, -0.2) is 131 Å². The van der Waals surface area contributed by atoms with E-state index in [2.05, 4.69) is 36.9 Å². The number of aliphatic hydroxyl groups excluding tert-OH is 1. The average molecular weight is 1220 g/mol. The van der Waals surface area contributed by atoms with E-state index in [1.54, 1.807) is 74.5 Å². The van der Waals surface area contributed by atoms with E-state index in [1.165, 1.54) is 23.0 Å². The summed E-state index contributed by atoms with van der Waals surface area (Å²) >= 11 is 1.85. The van der Waals surface area contributed by atoms with E-state index >= 15 is 0 Å². The number of hydrogen-bond acceptors (Lipinski definition) is 14. The number of carbonyl (C=O) groups excluding carboxylic acids is 5. The van der Waals surface area contributed by atoms with Gasteiger partial charge in [0.05, 0.1) is 51.7 Å². The van der Waals surface area contributed by atoms with Gasteiger partial charge in [-0.15, -0.1) is 5.10 Å². The molecule has 5 amide bonds. The summed E-state index contributed by atoms with van der Waals surface area (Å²) in [4.78, 5) is 64.5. The number of halogens is 1. The Morgan fingerprint density at radius 1 is 0.741 bits per heavy atom. The number of phenols is 1. The highest BCUT2D eigenvalue weighted by Crippen LogP contribution is 2.33. The molecular formula is C61H72FN9O11S3. The maximum absolute atomic E-state index is 14.4. The lowest BCUT2D eigenvalue weighted by Crippen LogP contribution is -2.47. The molecule has 452 valence electrons. The first-order valence-electron chi connectivity index (χ1n) is 28.4. The largest absolute Gasteiger partial charge is 0.508 e. The number of ketones is 1. The summed E-state index contributed by atoms with van der Waals surface area (Å²) in [5.74, 6) is -1.06. The highest BCUT2D eigenvalue weighted by molar-refractivity contribution is 8.00. The maximum Gasteiger partial charge on any atom is 0.315 e. The fraction of sp³-hybridized carbons (Fsp3) is 0.393. The Labute approximate surface area is 499 Å². The van der Waals surface area contributed by atoms with Crippen molar-refractivity contribution in [2.75, 3.05) is 25.4 Å². The summed E-state index contributed by atoms with van der Waals surface area (Å²) in [5, 5.41) is 45.8. The van der Waals surface area contributed by atoms with Crippen LogP contribution in [0.3, 0.4) is 0 Å². The molecule has 8 rings (SSSR count). The van der Waals surface area contributed by atoms with Crippen molar-refractivity contribution in [1.29, 1.82) is 0 Å². The van der Waals surface area contributed by atoms with Gasteiger partial charge in [0, 0.05) is 61.0 Å². The van der Waals surface area contributed by atoms with Gasteiger partial charge >= 0.3 is 6.03 Å². The molecule has 1 unspecified atom stereocenters. The number of unbranched alkanes of at least 4 members (excludes halogenated alkanes) is 3. The molecule has 5 aromatic carbocycles. The molecule has 0 bridgehead atoms. The summed E-state index contributed by atoms with van der Waals surface area (Å²) in [5.41, 5.74) is 2.55. The van der Waals surface area contributed by atoms with Gasteiger partial charge in [0.2, 0.25) is 37.6 Å². The number of rotatable bonds is 31. The number of urea groups is 1. The molecule has 7 N–H and O–H groups in total. The van der Waals surface area contributed by atoms with Crippen molar-refractivity contribution in [2.24, 2.45) is 5.92 Å². The molecule has 0 radical (unpaired) electrons. The van der Waals surface area contributed by atoms with Crippen LogP contribution in [0.1, 0.15) is 104 Å². The van der Waals surface area contributed by atoms with Gasteiger partial charge in [-0.05, 0) is 110 Å². The normalized spacial score (nSPS) is 16.9. The maximum atomic E-state index is 14.4. The number of aliphatic hydroxyl groups is 1. The third kappa shape index (κ3) is 17.6. The minimum absolute atomic E-state index is 0.00359. The summed E-state index contributed by atoms with van der Waals surface area (Å²) < 4.78 is 71.4. The van der Waals surface area contributed by atoms with Crippen molar-refractivity contribution in [2.45, 2.75) is 135 Å². The SMILES string of the molecule is CC(C)CN(CC(O)[C@H](Cc1ccc(O)cc1)n1cc(CNC(=O)[C@H](Cc2ccc(C(=O)c3ccccc3)cc2)NC(=O)CCCCCNC(=O)CCCC[C@@H]2SC[C@@H]3NC(=O)N[C@@H]32)nn1)S(=O)(=O)c1ccc(S(=O)(=O)c2ccc(F)cc2)cc1. The topological polar surface area (TPSA) is 288 Å². The Morgan fingerprint density at radius 3 is 2.06 bits per heavy atom. The van der Waals surface area contributed by atoms with E-state index in [4.69, 9.17) is 0 Å². The lowest BCUT2D eigenvalue weighted by molar-refractivity contribution is -0.129. The van der Waals surface area contributed by atoms with Crippen LogP contribution in [0.4, 0.5) is 9.18 Å². The van der Waals surface area contributed by atoms with Crippen molar-refractivity contribution in [3.05, 3.63) is 167 Å². The minimum atomic E-state index is -4.37. The van der Waals surface area contributed by atoms with E-state index in [0.29, 0.717) is 59.7 Å². The zero-order chi connectivity index (χ0) is 60.7. The van der Waals surface area contributed by atoms with Gasteiger partial charge in [0.1, 0.15) is 23.3 Å². The molecule has 20 nitrogen and oxygen atoms in total. The highest BCUT2D eigenvalue weighted by atomic mass is 32.2. The summed E-state index contributed by atoms with van der Waals surface area (Å²) in [6.07, 6.45) is 5.11. The van der Waals surface area contributed by atoms with Gasteiger partial charge in [-0.25, -0.2) is 30.7 Å². The number of phenolic OH excluding ortho intramolecular Hbond substituents is 1. The lowest BCUT2D eigenvalue weighted by atomic mass is 9.99. The van der Waals surface area contributed by atoms with E-state index in [-0.39, 0.29) is 100 Å². The number of fused-ring (bicyclic) bond motifs is 1. The van der Waals surface area contributed by atoms with E-state index < -0.39 is 56.3 Å². The Kier molecular flexibility index (Phi) is 22.1. The number of aromatic nitrogens is 3. The lowest BCUT2D eigenvalue weighted by Gasteiger charge is -2.30. The number of nitrogens with one attached hydrogen (secondary N) is 5. The van der Waals surface area contributed by atoms with Crippen molar-refractivity contribution in [3.63, 3.8) is 0 Å². The molecule has 2 aliphatic heterocycles. The van der Waals surface area contributed by atoms with Gasteiger partial charge in [0.25, 0.3) is 0 Å². The van der Waals surface area contributed by atoms with Crippen LogP contribution in [-0.2, 0) is 53.6 Å². The number of carbonyl (C=O) groups is 5. The van der Waals surface area contributed by atoms with Gasteiger partial charge in [0.15, 0.2) is 5.78 Å². The molecule has 0 aliphatic carbocycles. The third-order valence-electron chi connectivity index (χ3n) is 14.8. The molecule has 1 aromatic heterocycles. The number of amides is 5. The van der Waals surface area contributed by atoms with Crippen molar-refractivity contribution >= 4 is 61.2 Å². The van der Waals surface area contributed by atoms with Crippen LogP contribution in [0.15, 0.2) is 148 Å². The Balaban J connectivity index is 0.896. The van der Waals surface area contributed by atoms with Gasteiger partial charge in [-0.1, -0.05) is 98.6 Å². The molecule has 6 atom stereocenters. The monoisotopic (exact) mass is 1220 g/mol. The quantitative estimate of drug-likeness (QED) is 0.0107. The number of sulfonamides is 1. The number of sulfone groups is 1. The summed E-state index contributed by atoms with van der Waals surface area (Å²) in [6, 6.07) is 28.9. The molecule has 2 aliphatic rings. The predicted molar refractivity (Wildman–Crippen MR) is 318 cm³/mol. The molecule has 0 spiro atoms. The smallest absolute Gasteiger partial charge is 0.315 e. The molecule has 2 saturated heterocycles. The second-order valence-electron chi connectivity index (χ2n) is 21.8. The molecule has 3 heterocycles. The molecule has 2 fully saturated rings. The van der Waals surface area contributed by atoms with Crippen molar-refractivity contribution in [3.8, 4) is 5.75 Å². The average Bonchev–Trinajstić information content (AvgIpc) is 3.69. The third-order valence-corrected chi connectivity index (χ3v) is 20.0. The molecule has 6 aromatic rings. The number of hydrogen-bond donors (Lipinski definition) is 7. The van der Waals surface area contributed by atoms with Gasteiger partial charge in [-0.3, -0.25) is 19.2 Å². The predicted octanol–water partition coefficient (Wildman–Crippen LogP) is 6.42. The molecule has 85 heavy (non-hydrogen) atoms. The fourth-order valence-corrected chi connectivity index (χ4v) is 14.7. The number of benzene rings is 5. The summed E-state index contributed by atoms with van der Waals surface area (Å²) in [6.45, 7) is 3.44. The summed E-state index contributed by atoms with van der Waals surface area (Å²) in [7, 11) is -8.49. The van der Waals surface area contributed by atoms with E-state index in [9.17, 15) is 55.4 Å². The number of thioether (sulfide) groups is 1. The van der Waals surface area contributed by atoms with Crippen molar-refractivity contribution < 1.29 is 55.4 Å². The van der Waals surface area contributed by atoms with Gasteiger partial charge < -0.3 is 36.8 Å². The van der Waals surface area contributed by atoms with E-state index in [0.717, 1.165) is 77.9 Å². The van der Waals surface area contributed by atoms with Crippen LogP contribution in [0.25, 0.3) is 0 Å². The Hall–Kier alpha value is -7.51. The van der Waals surface area contributed by atoms with Crippen molar-refractivity contribution in [1.82, 2.24) is 45.9 Å². The zero-order valence-electron chi connectivity index (χ0n) is 47.3. The zero-order valence-corrected chi connectivity index (χ0v) is 49.8. The first-order chi connectivity index (χ1) is 40.7. The first kappa shape index (κ1) is 63.5. The minimum Gasteiger partial charge on any atom is -0.508 e. The second kappa shape index (κ2) is 29.5. The standard InChI is InChI=1S/C61H72FN9O11S3/c1-40(2)36-70(85(81,82)50-30-28-49(29-31-50)84(79,80)48-26-22-45(62)23-27-48)38-54(73)53(34-42-18-24-47(72)25-19-42)71-37-46(68-69-71)35-64-60(77)51(33-41-16-20-44(21-17-41)59(76)43-11-5-3-6-12-43)65-57(75)15-7-4-10-32-63-56(74)14-9-8-13-55-58-52(39-83-55)66-61(78)67-58/h3,5-6,11-12,16-31,37,40,51-55,58,72-73H,4,7-10,13-15,32-36,38-39H2,1-2H3,(H,63,74)(H,64,77)(H,65,75)(H2,66,67,78)/t51-,52-,53-,54?,55-,58-/m0/s1. The van der Waals surface area contributed by atoms with Crippen LogP contribution in [0, 0.1) is 11.7 Å². The Bertz CT molecular complexity index is 3470. The van der Waals surface area contributed by atoms with Crippen LogP contribution >= 0.6 is 11.8 Å². The first-order valence-corrected chi connectivity index (χ1v) is 32.4. The molecule has 24 heteroatoms. The highest BCUT2D eigenvalue weighted by Gasteiger charge is 2.42. The van der Waals surface area contributed by atoms with Gasteiger partial charge in [-0.2, -0.15) is 16.1 Å². The van der Waals surface area contributed by atoms with Crippen LogP contribution in [0.2, 0.25) is 0 Å². The molecule has 0 saturated carbocycles. The number of nitrogens with zero attached hydrogens (tertiary/aromatic N) is 4.